The van der Waals surface area contributed by atoms with Gasteiger partial charge in [0.1, 0.15) is 0 Å². The standard InChI is InChI=1S/C28H33N7O/c1-33(2)23-9-7-20(8-10-23)26-15-27(34(3)32-26)25-18-35-12-11-21(25)14-24(35)17-30-28(36)31-22-6-4-5-19(13-22)16-29/h4-10,13,15,21,24-25H,11-12,14,17-18H2,1-3H3,(H2,30,31,36)/t21-,24+,25+/m0/s1. The number of aryl methyl sites for hydroxylation is 1. The van der Waals surface area contributed by atoms with Gasteiger partial charge in [-0.3, -0.25) is 9.58 Å². The zero-order chi connectivity index (χ0) is 25.2. The van der Waals surface area contributed by atoms with Crippen LogP contribution in [0.15, 0.2) is 54.6 Å². The summed E-state index contributed by atoms with van der Waals surface area (Å²) in [5, 5.41) is 19.8. The first kappa shape index (κ1) is 23.9. The second kappa shape index (κ2) is 10.0. The van der Waals surface area contributed by atoms with Crippen LogP contribution in [0, 0.1) is 17.2 Å². The van der Waals surface area contributed by atoms with Crippen molar-refractivity contribution in [2.45, 2.75) is 24.8 Å². The molecule has 3 fully saturated rings. The maximum absolute atomic E-state index is 12.4. The van der Waals surface area contributed by atoms with Gasteiger partial charge in [-0.2, -0.15) is 10.4 Å². The summed E-state index contributed by atoms with van der Waals surface area (Å²) in [6.45, 7) is 2.67. The quantitative estimate of drug-likeness (QED) is 0.553. The minimum atomic E-state index is -0.235. The van der Waals surface area contributed by atoms with Crippen molar-refractivity contribution in [2.24, 2.45) is 13.0 Å². The molecule has 1 aromatic heterocycles. The number of urea groups is 1. The number of nitriles is 1. The van der Waals surface area contributed by atoms with E-state index in [9.17, 15) is 4.79 Å². The van der Waals surface area contributed by atoms with Gasteiger partial charge in [0.25, 0.3) is 0 Å². The fraction of sp³-hybridized carbons (Fsp3) is 0.393. The third-order valence-electron chi connectivity index (χ3n) is 7.60. The van der Waals surface area contributed by atoms with E-state index < -0.39 is 0 Å². The number of hydrogen-bond acceptors (Lipinski definition) is 5. The molecule has 6 rings (SSSR count). The molecule has 0 spiro atoms. The molecule has 3 aliphatic heterocycles. The van der Waals surface area contributed by atoms with Gasteiger partial charge in [-0.1, -0.05) is 18.2 Å². The lowest BCUT2D eigenvalue weighted by Crippen LogP contribution is -2.56. The molecule has 2 amide bonds. The molecule has 8 nitrogen and oxygen atoms in total. The molecular weight excluding hydrogens is 450 g/mol. The van der Waals surface area contributed by atoms with Gasteiger partial charge >= 0.3 is 6.03 Å². The first-order valence-electron chi connectivity index (χ1n) is 12.5. The minimum Gasteiger partial charge on any atom is -0.378 e. The molecule has 36 heavy (non-hydrogen) atoms. The molecule has 4 atom stereocenters. The Bertz CT molecular complexity index is 1270. The Labute approximate surface area is 212 Å². The van der Waals surface area contributed by atoms with E-state index in [-0.39, 0.29) is 6.03 Å². The van der Waals surface area contributed by atoms with Crippen LogP contribution >= 0.6 is 0 Å². The van der Waals surface area contributed by atoms with Gasteiger partial charge in [0.15, 0.2) is 0 Å². The van der Waals surface area contributed by atoms with Gasteiger partial charge in [-0.15, -0.1) is 0 Å². The summed E-state index contributed by atoms with van der Waals surface area (Å²) in [6, 6.07) is 19.9. The number of anilines is 2. The average Bonchev–Trinajstić information content (AvgIpc) is 3.29. The molecule has 186 valence electrons. The summed E-state index contributed by atoms with van der Waals surface area (Å²) < 4.78 is 2.05. The van der Waals surface area contributed by atoms with Crippen molar-refractivity contribution in [3.8, 4) is 17.3 Å². The molecule has 1 unspecified atom stereocenters. The van der Waals surface area contributed by atoms with Gasteiger partial charge in [-0.25, -0.2) is 4.79 Å². The number of amides is 2. The second-order valence-electron chi connectivity index (χ2n) is 10.1. The van der Waals surface area contributed by atoms with Crippen LogP contribution < -0.4 is 15.5 Å². The fourth-order valence-corrected chi connectivity index (χ4v) is 5.64. The van der Waals surface area contributed by atoms with E-state index in [4.69, 9.17) is 10.4 Å². The topological polar surface area (TPSA) is 89.2 Å². The molecule has 3 saturated heterocycles. The molecule has 0 radical (unpaired) electrons. The summed E-state index contributed by atoms with van der Waals surface area (Å²) in [4.78, 5) is 17.1. The lowest BCUT2D eigenvalue weighted by Gasteiger charge is -2.49. The number of benzene rings is 2. The molecular formula is C28H33N7O. The normalized spacial score (nSPS) is 22.6. The Balaban J connectivity index is 1.20. The lowest BCUT2D eigenvalue weighted by molar-refractivity contribution is 0.0296. The van der Waals surface area contributed by atoms with E-state index >= 15 is 0 Å². The summed E-state index contributed by atoms with van der Waals surface area (Å²) in [6.07, 6.45) is 2.24. The van der Waals surface area contributed by atoms with E-state index in [2.05, 4.69) is 68.6 Å². The minimum absolute atomic E-state index is 0.235. The Morgan fingerprint density at radius 2 is 2.00 bits per heavy atom. The van der Waals surface area contributed by atoms with Crippen LogP contribution in [0.5, 0.6) is 0 Å². The highest BCUT2D eigenvalue weighted by atomic mass is 16.2. The number of nitrogens with one attached hydrogen (secondary N) is 2. The van der Waals surface area contributed by atoms with Crippen LogP contribution in [0.25, 0.3) is 11.3 Å². The van der Waals surface area contributed by atoms with Crippen LogP contribution in [-0.4, -0.2) is 60.5 Å². The van der Waals surface area contributed by atoms with E-state index in [1.165, 1.54) is 17.8 Å². The van der Waals surface area contributed by atoms with Crippen LogP contribution in [0.3, 0.4) is 0 Å². The Morgan fingerprint density at radius 1 is 1.19 bits per heavy atom. The first-order valence-corrected chi connectivity index (χ1v) is 12.5. The maximum Gasteiger partial charge on any atom is 0.319 e. The first-order chi connectivity index (χ1) is 17.4. The predicted octanol–water partition coefficient (Wildman–Crippen LogP) is 4.02. The molecule has 4 heterocycles. The molecule has 2 bridgehead atoms. The molecule has 8 heteroatoms. The third-order valence-corrected chi connectivity index (χ3v) is 7.60. The molecule has 0 aliphatic carbocycles. The van der Waals surface area contributed by atoms with Crippen molar-refractivity contribution in [3.63, 3.8) is 0 Å². The van der Waals surface area contributed by atoms with Gasteiger partial charge in [-0.05, 0) is 61.7 Å². The van der Waals surface area contributed by atoms with E-state index in [0.29, 0.717) is 35.7 Å². The lowest BCUT2D eigenvalue weighted by atomic mass is 9.74. The van der Waals surface area contributed by atoms with Crippen molar-refractivity contribution in [1.82, 2.24) is 20.0 Å². The van der Waals surface area contributed by atoms with Gasteiger partial charge in [0.2, 0.25) is 0 Å². The molecule has 2 aromatic carbocycles. The largest absolute Gasteiger partial charge is 0.378 e. The van der Waals surface area contributed by atoms with E-state index in [1.807, 2.05) is 14.1 Å². The van der Waals surface area contributed by atoms with Crippen LogP contribution in [0.2, 0.25) is 0 Å². The second-order valence-corrected chi connectivity index (χ2v) is 10.1. The summed E-state index contributed by atoms with van der Waals surface area (Å²) in [5.74, 6) is 1.03. The third kappa shape index (κ3) is 4.93. The highest BCUT2D eigenvalue weighted by Crippen LogP contribution is 2.42. The van der Waals surface area contributed by atoms with Crippen molar-refractivity contribution in [2.75, 3.05) is 43.9 Å². The smallest absolute Gasteiger partial charge is 0.319 e. The van der Waals surface area contributed by atoms with Crippen molar-refractivity contribution >= 4 is 17.4 Å². The number of piperidine rings is 3. The Kier molecular flexibility index (Phi) is 6.66. The predicted molar refractivity (Wildman–Crippen MR) is 142 cm³/mol. The zero-order valence-electron chi connectivity index (χ0n) is 21.1. The Morgan fingerprint density at radius 3 is 2.69 bits per heavy atom. The number of hydrogen-bond donors (Lipinski definition) is 2. The molecule has 3 aliphatic rings. The number of rotatable bonds is 6. The number of nitrogens with zero attached hydrogens (tertiary/aromatic N) is 5. The highest BCUT2D eigenvalue weighted by Gasteiger charge is 2.41. The molecule has 3 aromatic rings. The van der Waals surface area contributed by atoms with E-state index in [1.54, 1.807) is 24.3 Å². The van der Waals surface area contributed by atoms with Crippen LogP contribution in [-0.2, 0) is 7.05 Å². The zero-order valence-corrected chi connectivity index (χ0v) is 21.1. The van der Waals surface area contributed by atoms with Gasteiger partial charge in [0, 0.05) is 68.8 Å². The average molecular weight is 484 g/mol. The maximum atomic E-state index is 12.4. The van der Waals surface area contributed by atoms with Gasteiger partial charge < -0.3 is 15.5 Å². The van der Waals surface area contributed by atoms with E-state index in [0.717, 1.165) is 30.8 Å². The number of aromatic nitrogens is 2. The summed E-state index contributed by atoms with van der Waals surface area (Å²) in [5.41, 5.74) is 5.77. The van der Waals surface area contributed by atoms with Crippen molar-refractivity contribution in [1.29, 1.82) is 5.26 Å². The molecule has 2 N–H and O–H groups in total. The summed E-state index contributed by atoms with van der Waals surface area (Å²) >= 11 is 0. The highest BCUT2D eigenvalue weighted by molar-refractivity contribution is 5.89. The Hall–Kier alpha value is -3.83. The fourth-order valence-electron chi connectivity index (χ4n) is 5.64. The monoisotopic (exact) mass is 483 g/mol. The van der Waals surface area contributed by atoms with Crippen molar-refractivity contribution < 1.29 is 4.79 Å². The number of carbonyl (C=O) groups is 1. The number of carbonyl (C=O) groups excluding carboxylic acids is 1. The SMILES string of the molecule is CN(C)c1ccc(-c2cc([C@@H]3CN4CC[C@H]3C[C@@H]4CNC(=O)Nc3cccc(C#N)c3)n(C)n2)cc1. The summed E-state index contributed by atoms with van der Waals surface area (Å²) in [7, 11) is 6.14. The van der Waals surface area contributed by atoms with Crippen LogP contribution in [0.1, 0.15) is 30.0 Å². The molecule has 0 saturated carbocycles. The van der Waals surface area contributed by atoms with Crippen molar-refractivity contribution in [3.05, 3.63) is 65.9 Å². The number of fused-ring (bicyclic) bond motifs is 3. The van der Waals surface area contributed by atoms with Gasteiger partial charge in [0.05, 0.1) is 17.3 Å². The van der Waals surface area contributed by atoms with Crippen LogP contribution in [0.4, 0.5) is 16.2 Å².